The summed E-state index contributed by atoms with van der Waals surface area (Å²) in [5.41, 5.74) is 0. The van der Waals surface area contributed by atoms with E-state index < -0.39 is 12.1 Å². The smallest absolute Gasteiger partial charge is 0.322 e. The van der Waals surface area contributed by atoms with Gasteiger partial charge < -0.3 is 10.2 Å². The molecule has 2 N–H and O–H groups in total. The average Bonchev–Trinajstić information content (AvgIpc) is 2.91. The van der Waals surface area contributed by atoms with Gasteiger partial charge in [-0.2, -0.15) is 0 Å². The van der Waals surface area contributed by atoms with Crippen molar-refractivity contribution in [3.8, 4) is 0 Å². The second-order valence-corrected chi connectivity index (χ2v) is 6.76. The van der Waals surface area contributed by atoms with Crippen molar-refractivity contribution in [2.24, 2.45) is 0 Å². The Morgan fingerprint density at radius 3 is 2.35 bits per heavy atom. The molecule has 128 valence electrons. The van der Waals surface area contributed by atoms with Crippen molar-refractivity contribution in [1.82, 2.24) is 20.4 Å². The molecule has 0 radical (unpaired) electrons. The van der Waals surface area contributed by atoms with Crippen molar-refractivity contribution in [2.45, 2.75) is 57.0 Å². The first-order valence-electron chi connectivity index (χ1n) is 8.76. The monoisotopic (exact) mass is 322 g/mol. The average molecular weight is 322 g/mol. The van der Waals surface area contributed by atoms with E-state index in [0.29, 0.717) is 18.9 Å². The van der Waals surface area contributed by atoms with Crippen LogP contribution in [0.2, 0.25) is 0 Å². The van der Waals surface area contributed by atoms with Gasteiger partial charge in [0.2, 0.25) is 5.91 Å². The standard InChI is InChI=1S/C16H26N4O3/c21-14(7-6-13-15(22)18-16(23)17-13)20-10-8-19(9-11-20)12-4-2-1-3-5-12/h12-13H,1-11H2,(H2,17,18,22,23). The minimum atomic E-state index is -0.560. The number of carbonyl (C=O) groups is 3. The van der Waals surface area contributed by atoms with Gasteiger partial charge in [-0.25, -0.2) is 4.79 Å². The summed E-state index contributed by atoms with van der Waals surface area (Å²) in [6.07, 6.45) is 7.30. The molecule has 2 saturated heterocycles. The lowest BCUT2D eigenvalue weighted by atomic mass is 9.94. The molecule has 0 aromatic rings. The van der Waals surface area contributed by atoms with Crippen molar-refractivity contribution in [3.05, 3.63) is 0 Å². The molecule has 7 nitrogen and oxygen atoms in total. The number of nitrogens with one attached hydrogen (secondary N) is 2. The summed E-state index contributed by atoms with van der Waals surface area (Å²) < 4.78 is 0. The molecular weight excluding hydrogens is 296 g/mol. The van der Waals surface area contributed by atoms with Gasteiger partial charge in [0.1, 0.15) is 6.04 Å². The lowest BCUT2D eigenvalue weighted by Crippen LogP contribution is -2.52. The van der Waals surface area contributed by atoms with Gasteiger partial charge in [0.05, 0.1) is 0 Å². The van der Waals surface area contributed by atoms with E-state index in [1.165, 1.54) is 32.1 Å². The van der Waals surface area contributed by atoms with Gasteiger partial charge in [0, 0.05) is 38.6 Å². The van der Waals surface area contributed by atoms with Gasteiger partial charge in [-0.15, -0.1) is 0 Å². The van der Waals surface area contributed by atoms with E-state index in [4.69, 9.17) is 0 Å². The fourth-order valence-corrected chi connectivity index (χ4v) is 3.87. The highest BCUT2D eigenvalue weighted by Crippen LogP contribution is 2.23. The molecule has 1 aliphatic carbocycles. The molecule has 0 spiro atoms. The summed E-state index contributed by atoms with van der Waals surface area (Å²) in [5.74, 6) is -0.243. The van der Waals surface area contributed by atoms with E-state index in [1.807, 2.05) is 4.90 Å². The Morgan fingerprint density at radius 2 is 1.74 bits per heavy atom. The maximum absolute atomic E-state index is 12.3. The second-order valence-electron chi connectivity index (χ2n) is 6.76. The molecule has 1 atom stereocenters. The largest absolute Gasteiger partial charge is 0.340 e. The topological polar surface area (TPSA) is 81.8 Å². The van der Waals surface area contributed by atoms with Crippen LogP contribution in [0.25, 0.3) is 0 Å². The summed E-state index contributed by atoms with van der Waals surface area (Å²) in [6, 6.07) is -0.318. The van der Waals surface area contributed by atoms with Crippen LogP contribution in [-0.4, -0.2) is 65.9 Å². The number of hydrogen-bond acceptors (Lipinski definition) is 4. The number of hydrogen-bond donors (Lipinski definition) is 2. The Labute approximate surface area is 136 Å². The molecule has 0 bridgehead atoms. The number of imide groups is 1. The van der Waals surface area contributed by atoms with Crippen LogP contribution < -0.4 is 10.6 Å². The van der Waals surface area contributed by atoms with E-state index in [9.17, 15) is 14.4 Å². The van der Waals surface area contributed by atoms with Crippen molar-refractivity contribution in [2.75, 3.05) is 26.2 Å². The van der Waals surface area contributed by atoms with Crippen LogP contribution in [0.15, 0.2) is 0 Å². The fourth-order valence-electron chi connectivity index (χ4n) is 3.87. The highest BCUT2D eigenvalue weighted by atomic mass is 16.2. The molecule has 7 heteroatoms. The van der Waals surface area contributed by atoms with Crippen LogP contribution in [0.5, 0.6) is 0 Å². The molecule has 0 aromatic carbocycles. The number of amides is 4. The second kappa shape index (κ2) is 7.29. The zero-order valence-electron chi connectivity index (χ0n) is 13.6. The number of urea groups is 1. The van der Waals surface area contributed by atoms with Crippen molar-refractivity contribution in [3.63, 3.8) is 0 Å². The van der Waals surface area contributed by atoms with Crippen LogP contribution in [0.3, 0.4) is 0 Å². The lowest BCUT2D eigenvalue weighted by Gasteiger charge is -2.40. The summed E-state index contributed by atoms with van der Waals surface area (Å²) in [6.45, 7) is 3.46. The van der Waals surface area contributed by atoms with Crippen LogP contribution in [0.4, 0.5) is 4.79 Å². The highest BCUT2D eigenvalue weighted by Gasteiger charge is 2.31. The zero-order valence-corrected chi connectivity index (χ0v) is 13.6. The summed E-state index contributed by atoms with van der Waals surface area (Å²) >= 11 is 0. The van der Waals surface area contributed by atoms with Gasteiger partial charge in [-0.1, -0.05) is 19.3 Å². The van der Waals surface area contributed by atoms with Crippen molar-refractivity contribution in [1.29, 1.82) is 0 Å². The molecule has 0 aromatic heterocycles. The number of carbonyl (C=O) groups excluding carboxylic acids is 3. The molecule has 2 aliphatic heterocycles. The Kier molecular flexibility index (Phi) is 5.15. The summed E-state index contributed by atoms with van der Waals surface area (Å²) in [4.78, 5) is 39.2. The molecule has 1 unspecified atom stereocenters. The number of rotatable bonds is 4. The molecule has 4 amide bonds. The maximum Gasteiger partial charge on any atom is 0.322 e. The van der Waals surface area contributed by atoms with Crippen LogP contribution in [0.1, 0.15) is 44.9 Å². The molecule has 2 heterocycles. The van der Waals surface area contributed by atoms with E-state index in [1.54, 1.807) is 0 Å². The first kappa shape index (κ1) is 16.2. The highest BCUT2D eigenvalue weighted by molar-refractivity contribution is 6.04. The Bertz CT molecular complexity index is 468. The minimum Gasteiger partial charge on any atom is -0.340 e. The first-order valence-corrected chi connectivity index (χ1v) is 8.76. The van der Waals surface area contributed by atoms with Gasteiger partial charge >= 0.3 is 6.03 Å². The number of piperazine rings is 1. The lowest BCUT2D eigenvalue weighted by molar-refractivity contribution is -0.133. The van der Waals surface area contributed by atoms with E-state index in [0.717, 1.165) is 26.2 Å². The molecule has 23 heavy (non-hydrogen) atoms. The zero-order chi connectivity index (χ0) is 16.2. The molecule has 3 aliphatic rings. The van der Waals surface area contributed by atoms with E-state index >= 15 is 0 Å². The van der Waals surface area contributed by atoms with E-state index in [-0.39, 0.29) is 11.8 Å². The fraction of sp³-hybridized carbons (Fsp3) is 0.812. The first-order chi connectivity index (χ1) is 11.1. The van der Waals surface area contributed by atoms with Gasteiger partial charge in [0.25, 0.3) is 5.91 Å². The third-order valence-electron chi connectivity index (χ3n) is 5.26. The number of nitrogens with zero attached hydrogens (tertiary/aromatic N) is 2. The molecule has 3 rings (SSSR count). The van der Waals surface area contributed by atoms with E-state index in [2.05, 4.69) is 15.5 Å². The summed E-state index contributed by atoms with van der Waals surface area (Å²) in [7, 11) is 0. The van der Waals surface area contributed by atoms with Crippen LogP contribution in [0, 0.1) is 0 Å². The molecule has 1 saturated carbocycles. The van der Waals surface area contributed by atoms with Gasteiger partial charge in [0.15, 0.2) is 0 Å². The molecular formula is C16H26N4O3. The van der Waals surface area contributed by atoms with Gasteiger partial charge in [-0.3, -0.25) is 19.8 Å². The van der Waals surface area contributed by atoms with Crippen molar-refractivity contribution >= 4 is 17.8 Å². The Hall–Kier alpha value is -1.63. The van der Waals surface area contributed by atoms with Gasteiger partial charge in [-0.05, 0) is 19.3 Å². The third kappa shape index (κ3) is 4.02. The Morgan fingerprint density at radius 1 is 1.04 bits per heavy atom. The molecule has 3 fully saturated rings. The predicted molar refractivity (Wildman–Crippen MR) is 84.7 cm³/mol. The predicted octanol–water partition coefficient (Wildman–Crippen LogP) is 0.452. The van der Waals surface area contributed by atoms with Crippen molar-refractivity contribution < 1.29 is 14.4 Å². The Balaban J connectivity index is 1.39. The normalized spacial score (nSPS) is 27.0. The SMILES string of the molecule is O=C1NC(=O)C(CCC(=O)N2CCN(C3CCCCC3)CC2)N1. The third-order valence-corrected chi connectivity index (χ3v) is 5.26. The van der Waals surface area contributed by atoms with Crippen LogP contribution in [-0.2, 0) is 9.59 Å². The maximum atomic E-state index is 12.3. The summed E-state index contributed by atoms with van der Waals surface area (Å²) in [5, 5.41) is 4.73. The van der Waals surface area contributed by atoms with Crippen LogP contribution >= 0.6 is 0 Å². The quantitative estimate of drug-likeness (QED) is 0.737. The minimum absolute atomic E-state index is 0.0854.